The Kier molecular flexibility index (Phi) is 4.33. The highest BCUT2D eigenvalue weighted by atomic mass is 16.2. The van der Waals surface area contributed by atoms with Crippen molar-refractivity contribution in [1.82, 2.24) is 10.6 Å². The van der Waals surface area contributed by atoms with E-state index in [-0.39, 0.29) is 23.8 Å². The fourth-order valence-electron chi connectivity index (χ4n) is 9.94. The Morgan fingerprint density at radius 2 is 1.00 bits per heavy atom. The summed E-state index contributed by atoms with van der Waals surface area (Å²) in [7, 11) is 0. The van der Waals surface area contributed by atoms with Gasteiger partial charge in [0.05, 0.1) is 6.54 Å². The quantitative estimate of drug-likeness (QED) is 0.709. The lowest BCUT2D eigenvalue weighted by molar-refractivity contribution is -0.132. The summed E-state index contributed by atoms with van der Waals surface area (Å²) in [6.45, 7) is 0.998. The largest absolute Gasteiger partial charge is 0.354 e. The summed E-state index contributed by atoms with van der Waals surface area (Å²) in [6.07, 6.45) is 16.9. The van der Waals surface area contributed by atoms with Crippen molar-refractivity contribution in [2.75, 3.05) is 13.1 Å². The Bertz CT molecular complexity index is 628. The van der Waals surface area contributed by atoms with Crippen LogP contribution in [0.4, 0.5) is 0 Å². The Hall–Kier alpha value is -1.06. The number of carbonyl (C=O) groups is 2. The molecule has 8 aliphatic rings. The average Bonchev–Trinajstić information content (AvgIpc) is 2.62. The minimum atomic E-state index is 0.0135. The van der Waals surface area contributed by atoms with Gasteiger partial charge in [-0.1, -0.05) is 0 Å². The molecule has 8 fully saturated rings. The highest BCUT2D eigenvalue weighted by molar-refractivity contribution is 5.85. The van der Waals surface area contributed by atoms with Gasteiger partial charge in [0.1, 0.15) is 0 Å². The van der Waals surface area contributed by atoms with Crippen molar-refractivity contribution in [2.24, 2.45) is 46.3 Å². The lowest BCUT2D eigenvalue weighted by Gasteiger charge is -2.57. The maximum atomic E-state index is 12.7. The van der Waals surface area contributed by atoms with Gasteiger partial charge in [-0.2, -0.15) is 0 Å². The number of nitrogens with one attached hydrogen (secondary N) is 2. The zero-order chi connectivity index (χ0) is 19.6. The van der Waals surface area contributed by atoms with E-state index in [1.165, 1.54) is 77.0 Å². The van der Waals surface area contributed by atoms with E-state index in [1.54, 1.807) is 0 Å². The topological polar surface area (TPSA) is 58.2 Å². The third-order valence-corrected chi connectivity index (χ3v) is 9.97. The molecule has 8 saturated carbocycles. The van der Waals surface area contributed by atoms with Gasteiger partial charge in [0, 0.05) is 13.0 Å². The molecule has 0 aliphatic heterocycles. The molecule has 8 rings (SSSR count). The van der Waals surface area contributed by atoms with Gasteiger partial charge in [-0.3, -0.25) is 9.59 Å². The summed E-state index contributed by atoms with van der Waals surface area (Å²) < 4.78 is 0. The molecule has 0 spiro atoms. The number of hydrogen-bond acceptors (Lipinski definition) is 2. The summed E-state index contributed by atoms with van der Waals surface area (Å²) in [5.41, 5.74) is 0.627. The van der Waals surface area contributed by atoms with Crippen LogP contribution in [-0.2, 0) is 9.59 Å². The van der Waals surface area contributed by atoms with Crippen molar-refractivity contribution in [3.05, 3.63) is 0 Å². The van der Waals surface area contributed by atoms with Gasteiger partial charge < -0.3 is 10.6 Å². The molecule has 0 aromatic heterocycles. The molecule has 2 amide bonds. The lowest BCUT2D eigenvalue weighted by atomic mass is 9.49. The first-order valence-corrected chi connectivity index (χ1v) is 12.5. The molecule has 0 aromatic carbocycles. The third-order valence-electron chi connectivity index (χ3n) is 9.97. The zero-order valence-corrected chi connectivity index (χ0v) is 17.9. The second kappa shape index (κ2) is 6.72. The maximum Gasteiger partial charge on any atom is 0.239 e. The van der Waals surface area contributed by atoms with Crippen LogP contribution in [0.15, 0.2) is 0 Å². The van der Waals surface area contributed by atoms with Gasteiger partial charge >= 0.3 is 0 Å². The smallest absolute Gasteiger partial charge is 0.239 e. The molecule has 0 heterocycles. The molecule has 29 heavy (non-hydrogen) atoms. The fourth-order valence-corrected chi connectivity index (χ4v) is 9.94. The first-order chi connectivity index (χ1) is 14.0. The molecular weight excluding hydrogens is 360 g/mol. The number of amides is 2. The fraction of sp³-hybridized carbons (Fsp3) is 0.920. The number of carbonyl (C=O) groups excluding carboxylic acids is 2. The van der Waals surface area contributed by atoms with E-state index in [2.05, 4.69) is 10.6 Å². The minimum absolute atomic E-state index is 0.0135. The SMILES string of the molecule is O=C(CNC(=O)CC12CC3CC(CC(C3)C1)C2)NCC12CC3CC(CC(C3)C1)C2. The van der Waals surface area contributed by atoms with Crippen LogP contribution < -0.4 is 10.6 Å². The Morgan fingerprint density at radius 1 is 0.586 bits per heavy atom. The Balaban J connectivity index is 0.977. The molecule has 0 radical (unpaired) electrons. The molecule has 4 heteroatoms. The molecule has 4 nitrogen and oxygen atoms in total. The Morgan fingerprint density at radius 3 is 1.45 bits per heavy atom. The molecule has 0 unspecified atom stereocenters. The zero-order valence-electron chi connectivity index (χ0n) is 17.9. The summed E-state index contributed by atoms with van der Waals surface area (Å²) in [5.74, 6) is 5.49. The van der Waals surface area contributed by atoms with Crippen LogP contribution in [0, 0.1) is 46.3 Å². The standard InChI is InChI=1S/C25H38N2O2/c28-22(13-24-7-16-1-17(8-24)3-18(2-16)9-24)26-14-23(29)27-15-25-10-19-4-20(11-25)6-21(5-19)12-25/h16-21H,1-15H2,(H,26,28)(H,27,29). The van der Waals surface area contributed by atoms with E-state index in [9.17, 15) is 9.59 Å². The van der Waals surface area contributed by atoms with Crippen LogP contribution in [-0.4, -0.2) is 24.9 Å². The predicted octanol–water partition coefficient (Wildman–Crippen LogP) is 4.04. The summed E-state index contributed by atoms with van der Waals surface area (Å²) >= 11 is 0. The van der Waals surface area contributed by atoms with Crippen LogP contribution >= 0.6 is 0 Å². The monoisotopic (exact) mass is 398 g/mol. The van der Waals surface area contributed by atoms with E-state index in [0.29, 0.717) is 11.8 Å². The van der Waals surface area contributed by atoms with Gasteiger partial charge in [-0.15, -0.1) is 0 Å². The van der Waals surface area contributed by atoms with Crippen LogP contribution in [0.2, 0.25) is 0 Å². The van der Waals surface area contributed by atoms with Crippen LogP contribution in [0.3, 0.4) is 0 Å². The van der Waals surface area contributed by atoms with Crippen molar-refractivity contribution < 1.29 is 9.59 Å². The van der Waals surface area contributed by atoms with E-state index in [4.69, 9.17) is 0 Å². The van der Waals surface area contributed by atoms with E-state index < -0.39 is 0 Å². The third kappa shape index (κ3) is 3.53. The highest BCUT2D eigenvalue weighted by Gasteiger charge is 2.52. The van der Waals surface area contributed by atoms with Crippen molar-refractivity contribution >= 4 is 11.8 Å². The van der Waals surface area contributed by atoms with E-state index >= 15 is 0 Å². The lowest BCUT2D eigenvalue weighted by Crippen LogP contribution is -2.52. The summed E-state index contributed by atoms with van der Waals surface area (Å²) in [5, 5.41) is 6.17. The molecule has 0 aromatic rings. The van der Waals surface area contributed by atoms with Gasteiger partial charge in [0.25, 0.3) is 0 Å². The van der Waals surface area contributed by atoms with Gasteiger partial charge in [0.15, 0.2) is 0 Å². The molecule has 160 valence electrons. The first kappa shape index (κ1) is 18.7. The second-order valence-corrected chi connectivity index (χ2v) is 12.6. The summed E-state index contributed by atoms with van der Waals surface area (Å²) in [4.78, 5) is 25.1. The van der Waals surface area contributed by atoms with Crippen molar-refractivity contribution in [1.29, 1.82) is 0 Å². The van der Waals surface area contributed by atoms with Gasteiger partial charge in [-0.05, 0) is 123 Å². The van der Waals surface area contributed by atoms with Crippen molar-refractivity contribution in [3.8, 4) is 0 Å². The molecule has 8 aliphatic carbocycles. The molecule has 2 N–H and O–H groups in total. The van der Waals surface area contributed by atoms with Crippen molar-refractivity contribution in [3.63, 3.8) is 0 Å². The van der Waals surface area contributed by atoms with E-state index in [0.717, 1.165) is 42.1 Å². The summed E-state index contributed by atoms with van der Waals surface area (Å²) in [6, 6.07) is 0. The Labute approximate surface area is 175 Å². The second-order valence-electron chi connectivity index (χ2n) is 12.6. The first-order valence-electron chi connectivity index (χ1n) is 12.5. The minimum Gasteiger partial charge on any atom is -0.354 e. The number of rotatable bonds is 6. The van der Waals surface area contributed by atoms with Crippen LogP contribution in [0.1, 0.15) is 83.5 Å². The predicted molar refractivity (Wildman–Crippen MR) is 112 cm³/mol. The average molecular weight is 399 g/mol. The van der Waals surface area contributed by atoms with Crippen molar-refractivity contribution in [2.45, 2.75) is 83.5 Å². The van der Waals surface area contributed by atoms with Gasteiger partial charge in [0.2, 0.25) is 11.8 Å². The molecule has 0 atom stereocenters. The maximum absolute atomic E-state index is 12.7. The molecule has 0 saturated heterocycles. The van der Waals surface area contributed by atoms with Crippen LogP contribution in [0.5, 0.6) is 0 Å². The molecule has 8 bridgehead atoms. The van der Waals surface area contributed by atoms with Crippen LogP contribution in [0.25, 0.3) is 0 Å². The number of hydrogen-bond donors (Lipinski definition) is 2. The normalized spacial score (nSPS) is 48.7. The van der Waals surface area contributed by atoms with Gasteiger partial charge in [-0.25, -0.2) is 0 Å². The molecular formula is C25H38N2O2. The highest BCUT2D eigenvalue weighted by Crippen LogP contribution is 2.61. The van der Waals surface area contributed by atoms with E-state index in [1.807, 2.05) is 0 Å².